The average molecular weight is 303 g/mol. The van der Waals surface area contributed by atoms with E-state index in [9.17, 15) is 0 Å². The Hall–Kier alpha value is -1.65. The zero-order valence-electron chi connectivity index (χ0n) is 9.55. The summed E-state index contributed by atoms with van der Waals surface area (Å²) < 4.78 is 3.06. The molecule has 18 heavy (non-hydrogen) atoms. The van der Waals surface area contributed by atoms with Gasteiger partial charge in [0.2, 0.25) is 0 Å². The first-order valence-corrected chi connectivity index (χ1v) is 6.40. The van der Waals surface area contributed by atoms with Gasteiger partial charge in [-0.2, -0.15) is 0 Å². The monoisotopic (exact) mass is 302 g/mol. The van der Waals surface area contributed by atoms with Crippen molar-refractivity contribution in [2.75, 3.05) is 0 Å². The molecule has 0 saturated carbocycles. The van der Waals surface area contributed by atoms with Crippen LogP contribution in [0.3, 0.4) is 0 Å². The van der Waals surface area contributed by atoms with Gasteiger partial charge in [-0.1, -0.05) is 28.1 Å². The van der Waals surface area contributed by atoms with Crippen molar-refractivity contribution in [1.82, 2.24) is 9.55 Å². The summed E-state index contributed by atoms with van der Waals surface area (Å²) in [6, 6.07) is 13.9. The number of fused-ring (bicyclic) bond motifs is 1. The van der Waals surface area contributed by atoms with Crippen molar-refractivity contribution in [3.63, 3.8) is 0 Å². The van der Waals surface area contributed by atoms with Gasteiger partial charge in [0, 0.05) is 10.2 Å². The third-order valence-electron chi connectivity index (χ3n) is 2.88. The van der Waals surface area contributed by atoms with Gasteiger partial charge in [0.05, 0.1) is 17.6 Å². The molecular formula is C14H11BrN2O. The van der Waals surface area contributed by atoms with Gasteiger partial charge >= 0.3 is 0 Å². The van der Waals surface area contributed by atoms with Gasteiger partial charge in [-0.25, -0.2) is 4.98 Å². The number of halogens is 1. The van der Waals surface area contributed by atoms with Crippen LogP contribution >= 0.6 is 15.9 Å². The second-order valence-electron chi connectivity index (χ2n) is 4.08. The van der Waals surface area contributed by atoms with E-state index in [1.165, 1.54) is 0 Å². The summed E-state index contributed by atoms with van der Waals surface area (Å²) in [5.74, 6) is 0. The molecule has 1 heterocycles. The first kappa shape index (κ1) is 11.4. The van der Waals surface area contributed by atoms with Gasteiger partial charge in [0.1, 0.15) is 6.33 Å². The molecule has 3 aromatic rings. The minimum atomic E-state index is 0.0414. The molecule has 0 aliphatic rings. The normalized spacial score (nSPS) is 11.0. The van der Waals surface area contributed by atoms with Gasteiger partial charge in [-0.3, -0.25) is 4.57 Å². The number of imidazole rings is 1. The lowest BCUT2D eigenvalue weighted by Crippen LogP contribution is -1.91. The molecule has 0 amide bonds. The van der Waals surface area contributed by atoms with Gasteiger partial charge in [0.15, 0.2) is 0 Å². The Morgan fingerprint density at radius 1 is 1.17 bits per heavy atom. The summed E-state index contributed by atoms with van der Waals surface area (Å²) >= 11 is 3.47. The standard InChI is InChI=1S/C14H11BrN2O/c15-11-2-1-3-12(7-11)17-9-16-13-6-10(8-18)4-5-14(13)17/h1-7,9,18H,8H2. The number of hydrogen-bond donors (Lipinski definition) is 1. The van der Waals surface area contributed by atoms with Crippen LogP contribution in [0.4, 0.5) is 0 Å². The smallest absolute Gasteiger partial charge is 0.100 e. The van der Waals surface area contributed by atoms with E-state index in [1.807, 2.05) is 47.0 Å². The molecule has 4 heteroatoms. The number of aliphatic hydroxyl groups excluding tert-OH is 1. The SMILES string of the molecule is OCc1ccc2c(c1)ncn2-c1cccc(Br)c1. The summed E-state index contributed by atoms with van der Waals surface area (Å²) in [4.78, 5) is 4.37. The Bertz CT molecular complexity index is 706. The highest BCUT2D eigenvalue weighted by molar-refractivity contribution is 9.10. The van der Waals surface area contributed by atoms with Crippen LogP contribution in [0.2, 0.25) is 0 Å². The predicted molar refractivity (Wildman–Crippen MR) is 74.7 cm³/mol. The number of nitrogens with zero attached hydrogens (tertiary/aromatic N) is 2. The molecule has 2 aromatic carbocycles. The summed E-state index contributed by atoms with van der Waals surface area (Å²) in [5, 5.41) is 9.12. The van der Waals surface area contributed by atoms with Crippen molar-refractivity contribution < 1.29 is 5.11 Å². The van der Waals surface area contributed by atoms with Gasteiger partial charge in [0.25, 0.3) is 0 Å². The average Bonchev–Trinajstić information content (AvgIpc) is 2.81. The van der Waals surface area contributed by atoms with Crippen molar-refractivity contribution in [1.29, 1.82) is 0 Å². The van der Waals surface area contributed by atoms with Crippen molar-refractivity contribution in [2.24, 2.45) is 0 Å². The van der Waals surface area contributed by atoms with Gasteiger partial charge in [-0.05, 0) is 35.9 Å². The van der Waals surface area contributed by atoms with Crippen LogP contribution in [0.5, 0.6) is 0 Å². The predicted octanol–water partition coefficient (Wildman–Crippen LogP) is 3.28. The first-order chi connectivity index (χ1) is 8.78. The second-order valence-corrected chi connectivity index (χ2v) is 4.99. The Kier molecular flexibility index (Phi) is 2.89. The van der Waals surface area contributed by atoms with E-state index in [-0.39, 0.29) is 6.61 Å². The molecule has 0 fully saturated rings. The minimum absolute atomic E-state index is 0.0414. The highest BCUT2D eigenvalue weighted by Crippen LogP contribution is 2.21. The summed E-state index contributed by atoms with van der Waals surface area (Å²) in [6.07, 6.45) is 1.80. The van der Waals surface area contributed by atoms with Crippen LogP contribution in [0.15, 0.2) is 53.3 Å². The molecule has 0 aliphatic heterocycles. The van der Waals surface area contributed by atoms with Crippen LogP contribution < -0.4 is 0 Å². The highest BCUT2D eigenvalue weighted by atomic mass is 79.9. The molecular weight excluding hydrogens is 292 g/mol. The topological polar surface area (TPSA) is 38.1 Å². The van der Waals surface area contributed by atoms with E-state index >= 15 is 0 Å². The maximum Gasteiger partial charge on any atom is 0.100 e. The maximum absolute atomic E-state index is 9.12. The zero-order valence-corrected chi connectivity index (χ0v) is 11.1. The summed E-state index contributed by atoms with van der Waals surface area (Å²) in [7, 11) is 0. The van der Waals surface area contributed by atoms with Crippen molar-refractivity contribution in [2.45, 2.75) is 6.61 Å². The third-order valence-corrected chi connectivity index (χ3v) is 3.37. The molecule has 0 radical (unpaired) electrons. The zero-order chi connectivity index (χ0) is 12.5. The number of aliphatic hydroxyl groups is 1. The largest absolute Gasteiger partial charge is 0.392 e. The molecule has 3 rings (SSSR count). The van der Waals surface area contributed by atoms with Crippen molar-refractivity contribution in [3.8, 4) is 5.69 Å². The Morgan fingerprint density at radius 2 is 2.06 bits per heavy atom. The first-order valence-electron chi connectivity index (χ1n) is 5.61. The molecule has 90 valence electrons. The van der Waals surface area contributed by atoms with E-state index in [0.29, 0.717) is 0 Å². The number of hydrogen-bond acceptors (Lipinski definition) is 2. The maximum atomic E-state index is 9.12. The van der Waals surface area contributed by atoms with Crippen LogP contribution in [-0.4, -0.2) is 14.7 Å². The van der Waals surface area contributed by atoms with Crippen LogP contribution in [0.1, 0.15) is 5.56 Å². The molecule has 1 aromatic heterocycles. The summed E-state index contributed by atoms with van der Waals surface area (Å²) in [5.41, 5.74) is 3.86. The van der Waals surface area contributed by atoms with Crippen LogP contribution in [0, 0.1) is 0 Å². The molecule has 0 spiro atoms. The van der Waals surface area contributed by atoms with Gasteiger partial charge < -0.3 is 5.11 Å². The Labute approximate surface area is 113 Å². The Morgan fingerprint density at radius 3 is 2.83 bits per heavy atom. The van der Waals surface area contributed by atoms with Crippen LogP contribution in [0.25, 0.3) is 16.7 Å². The fraction of sp³-hybridized carbons (Fsp3) is 0.0714. The van der Waals surface area contributed by atoms with Crippen molar-refractivity contribution in [3.05, 3.63) is 58.8 Å². The molecule has 1 N–H and O–H groups in total. The van der Waals surface area contributed by atoms with E-state index in [1.54, 1.807) is 6.33 Å². The quantitative estimate of drug-likeness (QED) is 0.789. The number of rotatable bonds is 2. The molecule has 0 unspecified atom stereocenters. The van der Waals surface area contributed by atoms with E-state index in [4.69, 9.17) is 5.11 Å². The summed E-state index contributed by atoms with van der Waals surface area (Å²) in [6.45, 7) is 0.0414. The van der Waals surface area contributed by atoms with Crippen LogP contribution in [-0.2, 0) is 6.61 Å². The number of benzene rings is 2. The van der Waals surface area contributed by atoms with E-state index in [0.717, 1.165) is 26.8 Å². The second kappa shape index (κ2) is 4.55. The minimum Gasteiger partial charge on any atom is -0.392 e. The molecule has 0 atom stereocenters. The fourth-order valence-corrected chi connectivity index (χ4v) is 2.38. The lowest BCUT2D eigenvalue weighted by molar-refractivity contribution is 0.282. The highest BCUT2D eigenvalue weighted by Gasteiger charge is 2.05. The lowest BCUT2D eigenvalue weighted by atomic mass is 10.2. The van der Waals surface area contributed by atoms with E-state index in [2.05, 4.69) is 20.9 Å². The Balaban J connectivity index is 2.18. The van der Waals surface area contributed by atoms with E-state index < -0.39 is 0 Å². The van der Waals surface area contributed by atoms with Crippen molar-refractivity contribution >= 4 is 27.0 Å². The fourth-order valence-electron chi connectivity index (χ4n) is 1.99. The molecule has 0 aliphatic carbocycles. The third kappa shape index (κ3) is 1.94. The number of aromatic nitrogens is 2. The molecule has 3 nitrogen and oxygen atoms in total. The molecule has 0 bridgehead atoms. The van der Waals surface area contributed by atoms with Gasteiger partial charge in [-0.15, -0.1) is 0 Å². The lowest BCUT2D eigenvalue weighted by Gasteiger charge is -2.05. The molecule has 0 saturated heterocycles.